The Labute approximate surface area is 161 Å². The van der Waals surface area contributed by atoms with Crippen LogP contribution >= 0.6 is 23.6 Å². The normalized spacial score (nSPS) is 12.8. The van der Waals surface area contributed by atoms with Crippen molar-refractivity contribution >= 4 is 40.8 Å². The van der Waals surface area contributed by atoms with Crippen molar-refractivity contribution in [1.82, 2.24) is 4.57 Å². The van der Waals surface area contributed by atoms with Gasteiger partial charge in [-0.25, -0.2) is 9.38 Å². The molecule has 0 fully saturated rings. The zero-order valence-corrected chi connectivity index (χ0v) is 15.5. The second kappa shape index (κ2) is 6.33. The Hall–Kier alpha value is -2.97. The summed E-state index contributed by atoms with van der Waals surface area (Å²) in [6.07, 6.45) is 0. The van der Waals surface area contributed by atoms with Crippen LogP contribution in [0.3, 0.4) is 0 Å². The van der Waals surface area contributed by atoms with E-state index in [1.54, 1.807) is 24.3 Å². The van der Waals surface area contributed by atoms with E-state index in [2.05, 4.69) is 4.99 Å². The van der Waals surface area contributed by atoms with Gasteiger partial charge in [0.1, 0.15) is 10.7 Å². The number of halogens is 1. The third kappa shape index (κ3) is 2.83. The zero-order chi connectivity index (χ0) is 19.3. The molecule has 1 aliphatic rings. The van der Waals surface area contributed by atoms with Gasteiger partial charge in [-0.1, -0.05) is 12.1 Å². The molecule has 2 heterocycles. The molecule has 4 rings (SSSR count). The van der Waals surface area contributed by atoms with Crippen LogP contribution in [-0.4, -0.2) is 21.4 Å². The molecule has 1 aromatic heterocycles. The van der Waals surface area contributed by atoms with E-state index in [0.717, 1.165) is 11.3 Å². The Morgan fingerprint density at radius 1 is 1.26 bits per heavy atom. The maximum absolute atomic E-state index is 13.7. The van der Waals surface area contributed by atoms with Gasteiger partial charge in [0.2, 0.25) is 5.88 Å². The molecule has 0 atom stereocenters. The highest BCUT2D eigenvalue weighted by atomic mass is 32.1. The molecule has 0 aliphatic carbocycles. The average Bonchev–Trinajstić information content (AvgIpc) is 3.09. The molecule has 0 unspecified atom stereocenters. The first-order valence-corrected chi connectivity index (χ1v) is 9.09. The van der Waals surface area contributed by atoms with Crippen LogP contribution < -0.4 is 10.6 Å². The van der Waals surface area contributed by atoms with E-state index in [1.807, 2.05) is 0 Å². The first-order chi connectivity index (χ1) is 12.9. The van der Waals surface area contributed by atoms with Crippen LogP contribution in [-0.2, 0) is 4.79 Å². The summed E-state index contributed by atoms with van der Waals surface area (Å²) in [6, 6.07) is 10.5. The predicted octanol–water partition coefficient (Wildman–Crippen LogP) is 2.67. The number of hydrogen-bond acceptors (Lipinski definition) is 5. The Balaban J connectivity index is 1.98. The van der Waals surface area contributed by atoms with Crippen LogP contribution in [0.15, 0.2) is 47.5 Å². The van der Waals surface area contributed by atoms with Gasteiger partial charge in [0.05, 0.1) is 16.6 Å². The molecular formula is C19H11FN2O3S2. The summed E-state index contributed by atoms with van der Waals surface area (Å²) in [5.41, 5.74) is 1.07. The first kappa shape index (κ1) is 17.4. The van der Waals surface area contributed by atoms with Crippen LogP contribution in [0.5, 0.6) is 5.88 Å². The number of carbonyl (C=O) groups is 2. The quantitative estimate of drug-likeness (QED) is 0.544. The molecule has 8 heteroatoms. The molecule has 1 aliphatic heterocycles. The van der Waals surface area contributed by atoms with E-state index in [1.165, 1.54) is 29.7 Å². The second-order valence-corrected chi connectivity index (χ2v) is 7.56. The first-order valence-electron chi connectivity index (χ1n) is 7.86. The summed E-state index contributed by atoms with van der Waals surface area (Å²) in [6.45, 7) is 1.44. The smallest absolute Gasteiger partial charge is 0.279 e. The third-order valence-corrected chi connectivity index (χ3v) is 5.57. The number of fused-ring (bicyclic) bond motifs is 1. The molecule has 0 saturated heterocycles. The number of thiazole rings is 1. The SMILES string of the molecule is CC(=O)c1cccc(-n2c(O)c(C3=c4cc(F)ccc4=NC3=O)sc2=S)c1. The van der Waals surface area contributed by atoms with Crippen LogP contribution in [0.4, 0.5) is 4.39 Å². The number of rotatable bonds is 3. The summed E-state index contributed by atoms with van der Waals surface area (Å²) < 4.78 is 15.3. The Kier molecular flexibility index (Phi) is 4.09. The van der Waals surface area contributed by atoms with E-state index in [0.29, 0.717) is 21.8 Å². The van der Waals surface area contributed by atoms with Crippen LogP contribution in [0.25, 0.3) is 11.3 Å². The summed E-state index contributed by atoms with van der Waals surface area (Å²) in [4.78, 5) is 28.1. The Morgan fingerprint density at radius 2 is 2.04 bits per heavy atom. The number of hydrogen-bond donors (Lipinski definition) is 1. The monoisotopic (exact) mass is 398 g/mol. The van der Waals surface area contributed by atoms with Gasteiger partial charge in [0.15, 0.2) is 9.74 Å². The van der Waals surface area contributed by atoms with E-state index >= 15 is 0 Å². The van der Waals surface area contributed by atoms with Crippen molar-refractivity contribution in [2.24, 2.45) is 4.99 Å². The summed E-state index contributed by atoms with van der Waals surface area (Å²) >= 11 is 6.38. The lowest BCUT2D eigenvalue weighted by Gasteiger charge is -2.07. The molecule has 0 saturated carbocycles. The topological polar surface area (TPSA) is 71.7 Å². The number of benzene rings is 2. The molecule has 0 radical (unpaired) electrons. The molecule has 134 valence electrons. The Bertz CT molecular complexity index is 1320. The van der Waals surface area contributed by atoms with Crippen molar-refractivity contribution in [3.63, 3.8) is 0 Å². The van der Waals surface area contributed by atoms with Crippen LogP contribution in [0, 0.1) is 9.77 Å². The van der Waals surface area contributed by atoms with Crippen molar-refractivity contribution in [2.45, 2.75) is 6.92 Å². The van der Waals surface area contributed by atoms with Crippen molar-refractivity contribution in [3.8, 4) is 11.6 Å². The lowest BCUT2D eigenvalue weighted by Crippen LogP contribution is -2.23. The lowest BCUT2D eigenvalue weighted by molar-refractivity contribution is -0.112. The highest BCUT2D eigenvalue weighted by Gasteiger charge is 2.26. The largest absolute Gasteiger partial charge is 0.493 e. The number of amides is 1. The maximum atomic E-state index is 13.7. The van der Waals surface area contributed by atoms with Gasteiger partial charge in [0, 0.05) is 10.8 Å². The minimum Gasteiger partial charge on any atom is -0.493 e. The fourth-order valence-electron chi connectivity index (χ4n) is 2.93. The standard InChI is InChI=1S/C19H11FN2O3S2/c1-9(23)10-3-2-4-12(7-10)22-18(25)16(27-19(22)26)15-13-8-11(20)5-6-14(13)21-17(15)24/h2-8,25H,1H3. The predicted molar refractivity (Wildman–Crippen MR) is 101 cm³/mol. The van der Waals surface area contributed by atoms with Gasteiger partial charge in [0.25, 0.3) is 5.91 Å². The second-order valence-electron chi connectivity index (χ2n) is 5.92. The van der Waals surface area contributed by atoms with E-state index in [-0.39, 0.29) is 26.1 Å². The van der Waals surface area contributed by atoms with Crippen molar-refractivity contribution in [1.29, 1.82) is 0 Å². The molecule has 0 bridgehead atoms. The van der Waals surface area contributed by atoms with Gasteiger partial charge >= 0.3 is 0 Å². The fraction of sp³-hybridized carbons (Fsp3) is 0.0526. The number of Topliss-reactive ketones (excluding diaryl/α,β-unsaturated/α-hetero) is 1. The van der Waals surface area contributed by atoms with E-state index in [4.69, 9.17) is 12.2 Å². The minimum absolute atomic E-state index is 0.111. The maximum Gasteiger partial charge on any atom is 0.279 e. The van der Waals surface area contributed by atoms with Crippen molar-refractivity contribution < 1.29 is 19.1 Å². The molecule has 1 amide bonds. The van der Waals surface area contributed by atoms with Gasteiger partial charge in [-0.05, 0) is 49.5 Å². The third-order valence-electron chi connectivity index (χ3n) is 4.19. The van der Waals surface area contributed by atoms with Crippen LogP contribution in [0.2, 0.25) is 0 Å². The summed E-state index contributed by atoms with van der Waals surface area (Å²) in [5.74, 6) is -1.44. The van der Waals surface area contributed by atoms with Gasteiger partial charge in [-0.15, -0.1) is 11.3 Å². The molecule has 27 heavy (non-hydrogen) atoms. The number of nitrogens with zero attached hydrogens (tertiary/aromatic N) is 2. The van der Waals surface area contributed by atoms with E-state index in [9.17, 15) is 19.1 Å². The molecule has 1 N–H and O–H groups in total. The zero-order valence-electron chi connectivity index (χ0n) is 13.9. The molecule has 3 aromatic rings. The number of aromatic hydroxyl groups is 1. The highest BCUT2D eigenvalue weighted by molar-refractivity contribution is 7.73. The number of ketones is 1. The van der Waals surface area contributed by atoms with Gasteiger partial charge < -0.3 is 5.11 Å². The molecule has 5 nitrogen and oxygen atoms in total. The fourth-order valence-corrected chi connectivity index (χ4v) is 4.31. The lowest BCUT2D eigenvalue weighted by atomic mass is 10.1. The average molecular weight is 398 g/mol. The molecule has 2 aromatic carbocycles. The molecular weight excluding hydrogens is 387 g/mol. The van der Waals surface area contributed by atoms with Gasteiger partial charge in [-0.3, -0.25) is 14.2 Å². The van der Waals surface area contributed by atoms with Gasteiger partial charge in [-0.2, -0.15) is 0 Å². The van der Waals surface area contributed by atoms with Crippen molar-refractivity contribution in [2.75, 3.05) is 0 Å². The summed E-state index contributed by atoms with van der Waals surface area (Å²) in [5, 5.41) is 11.4. The number of aromatic nitrogens is 1. The van der Waals surface area contributed by atoms with Crippen molar-refractivity contribution in [3.05, 3.63) is 73.3 Å². The number of carbonyl (C=O) groups excluding carboxylic acids is 2. The highest BCUT2D eigenvalue weighted by Crippen LogP contribution is 2.35. The van der Waals surface area contributed by atoms with E-state index < -0.39 is 11.7 Å². The van der Waals surface area contributed by atoms with Crippen LogP contribution in [0.1, 0.15) is 22.2 Å². The minimum atomic E-state index is -0.563. The molecule has 0 spiro atoms. The Morgan fingerprint density at radius 3 is 2.78 bits per heavy atom. The summed E-state index contributed by atoms with van der Waals surface area (Å²) in [7, 11) is 0.